The van der Waals surface area contributed by atoms with E-state index in [1.165, 1.54) is 19.3 Å². The van der Waals surface area contributed by atoms with Crippen molar-refractivity contribution in [3.63, 3.8) is 0 Å². The summed E-state index contributed by atoms with van der Waals surface area (Å²) >= 11 is 0. The zero-order valence-electron chi connectivity index (χ0n) is 13.8. The maximum atomic E-state index is 12.5. The third-order valence-electron chi connectivity index (χ3n) is 4.47. The summed E-state index contributed by atoms with van der Waals surface area (Å²) < 4.78 is 5.70. The molecule has 5 heteroatoms. The fourth-order valence-electron chi connectivity index (χ4n) is 3.37. The van der Waals surface area contributed by atoms with Crippen molar-refractivity contribution < 1.29 is 9.53 Å². The summed E-state index contributed by atoms with van der Waals surface area (Å²) in [6.07, 6.45) is 4.11. The van der Waals surface area contributed by atoms with Crippen LogP contribution in [0.4, 0.5) is 0 Å². The number of rotatable bonds is 5. The Hall–Kier alpha value is -0.650. The molecule has 0 bridgehead atoms. The van der Waals surface area contributed by atoms with E-state index in [1.54, 1.807) is 0 Å². The van der Waals surface area contributed by atoms with Crippen LogP contribution in [0.5, 0.6) is 0 Å². The summed E-state index contributed by atoms with van der Waals surface area (Å²) in [5.74, 6) is 0.245. The van der Waals surface area contributed by atoms with Crippen LogP contribution in [0.1, 0.15) is 40.0 Å². The molecular weight excluding hydrogens is 266 g/mol. The van der Waals surface area contributed by atoms with E-state index in [-0.39, 0.29) is 18.1 Å². The van der Waals surface area contributed by atoms with Crippen LogP contribution < -0.4 is 5.32 Å². The van der Waals surface area contributed by atoms with Crippen LogP contribution in [0.25, 0.3) is 0 Å². The van der Waals surface area contributed by atoms with Gasteiger partial charge in [0.25, 0.3) is 0 Å². The molecule has 0 spiro atoms. The maximum Gasteiger partial charge on any atom is 0.236 e. The van der Waals surface area contributed by atoms with Crippen LogP contribution in [0, 0.1) is 0 Å². The fourth-order valence-corrected chi connectivity index (χ4v) is 3.37. The van der Waals surface area contributed by atoms with E-state index in [2.05, 4.69) is 17.1 Å². The number of piperidine rings is 1. The first-order chi connectivity index (χ1) is 10.1. The Bertz CT molecular complexity index is 321. The van der Waals surface area contributed by atoms with Crippen molar-refractivity contribution >= 4 is 5.91 Å². The predicted octanol–water partition coefficient (Wildman–Crippen LogP) is 1.09. The second-order valence-electron chi connectivity index (χ2n) is 6.53. The molecule has 1 N–H and O–H groups in total. The van der Waals surface area contributed by atoms with Crippen LogP contribution >= 0.6 is 0 Å². The van der Waals surface area contributed by atoms with E-state index in [9.17, 15) is 4.79 Å². The molecule has 0 aromatic carbocycles. The Kier molecular flexibility index (Phi) is 6.45. The molecule has 2 aliphatic rings. The molecule has 0 aromatic rings. The average molecular weight is 297 g/mol. The maximum absolute atomic E-state index is 12.5. The number of carbonyl (C=O) groups excluding carboxylic acids is 1. The molecule has 3 unspecified atom stereocenters. The molecule has 2 saturated heterocycles. The number of likely N-dealkylation sites (N-methyl/N-ethyl adjacent to an activating group) is 1. The summed E-state index contributed by atoms with van der Waals surface area (Å²) in [4.78, 5) is 16.8. The lowest BCUT2D eigenvalue weighted by Gasteiger charge is -2.37. The van der Waals surface area contributed by atoms with Gasteiger partial charge in [0.1, 0.15) is 0 Å². The van der Waals surface area contributed by atoms with Gasteiger partial charge in [-0.1, -0.05) is 13.3 Å². The quantitative estimate of drug-likeness (QED) is 0.825. The molecule has 0 aromatic heterocycles. The van der Waals surface area contributed by atoms with E-state index in [4.69, 9.17) is 4.74 Å². The summed E-state index contributed by atoms with van der Waals surface area (Å²) in [6, 6.07) is 0.550. The molecule has 122 valence electrons. The van der Waals surface area contributed by atoms with E-state index in [1.807, 2.05) is 18.7 Å². The molecule has 0 radical (unpaired) electrons. The minimum Gasteiger partial charge on any atom is -0.372 e. The zero-order valence-corrected chi connectivity index (χ0v) is 13.8. The number of hydrogen-bond acceptors (Lipinski definition) is 4. The molecule has 0 aliphatic carbocycles. The van der Waals surface area contributed by atoms with Gasteiger partial charge in [-0.05, 0) is 39.8 Å². The summed E-state index contributed by atoms with van der Waals surface area (Å²) in [5, 5.41) is 3.56. The lowest BCUT2D eigenvalue weighted by molar-refractivity contribution is -0.144. The van der Waals surface area contributed by atoms with E-state index >= 15 is 0 Å². The normalized spacial score (nSPS) is 30.7. The number of nitrogens with one attached hydrogen (secondary N) is 1. The van der Waals surface area contributed by atoms with E-state index in [0.29, 0.717) is 12.6 Å². The number of carbonyl (C=O) groups is 1. The van der Waals surface area contributed by atoms with Crippen LogP contribution in [-0.2, 0) is 9.53 Å². The molecule has 1 amide bonds. The van der Waals surface area contributed by atoms with E-state index in [0.717, 1.165) is 32.7 Å². The molecule has 3 atom stereocenters. The number of hydrogen-bond donors (Lipinski definition) is 1. The Morgan fingerprint density at radius 2 is 2.00 bits per heavy atom. The molecule has 2 fully saturated rings. The minimum atomic E-state index is 0.146. The van der Waals surface area contributed by atoms with Crippen molar-refractivity contribution in [2.24, 2.45) is 0 Å². The van der Waals surface area contributed by atoms with Crippen molar-refractivity contribution in [2.45, 2.75) is 58.3 Å². The van der Waals surface area contributed by atoms with Gasteiger partial charge >= 0.3 is 0 Å². The summed E-state index contributed by atoms with van der Waals surface area (Å²) in [5.41, 5.74) is 0. The molecule has 21 heavy (non-hydrogen) atoms. The highest BCUT2D eigenvalue weighted by atomic mass is 16.5. The minimum absolute atomic E-state index is 0.146. The number of amides is 1. The van der Waals surface area contributed by atoms with Crippen LogP contribution in [0.3, 0.4) is 0 Å². The lowest BCUT2D eigenvalue weighted by atomic mass is 10.0. The van der Waals surface area contributed by atoms with Gasteiger partial charge in [0.2, 0.25) is 5.91 Å². The second kappa shape index (κ2) is 8.11. The number of ether oxygens (including phenoxy) is 1. The molecule has 2 heterocycles. The van der Waals surface area contributed by atoms with Gasteiger partial charge in [0.15, 0.2) is 0 Å². The molecule has 0 saturated carbocycles. The first-order valence-electron chi connectivity index (χ1n) is 8.47. The van der Waals surface area contributed by atoms with Crippen LogP contribution in [0.2, 0.25) is 0 Å². The van der Waals surface area contributed by atoms with Crippen molar-refractivity contribution in [3.8, 4) is 0 Å². The molecule has 5 nitrogen and oxygen atoms in total. The van der Waals surface area contributed by atoms with Gasteiger partial charge in [-0.2, -0.15) is 0 Å². The van der Waals surface area contributed by atoms with Crippen LogP contribution in [-0.4, -0.2) is 73.2 Å². The van der Waals surface area contributed by atoms with Gasteiger partial charge in [0.05, 0.1) is 18.8 Å². The van der Waals surface area contributed by atoms with Crippen molar-refractivity contribution in [1.82, 2.24) is 15.1 Å². The Balaban J connectivity index is 1.81. The molecule has 2 rings (SSSR count). The van der Waals surface area contributed by atoms with Crippen molar-refractivity contribution in [1.29, 1.82) is 0 Å². The van der Waals surface area contributed by atoms with Gasteiger partial charge in [-0.3, -0.25) is 9.69 Å². The zero-order chi connectivity index (χ0) is 15.2. The highest BCUT2D eigenvalue weighted by Crippen LogP contribution is 2.12. The standard InChI is InChI=1S/C16H31N3O2/c1-4-18(11-15-7-5-6-8-17-15)12-16(20)19-9-13(2)21-14(3)10-19/h13-15,17H,4-12H2,1-3H3. The number of morpholine rings is 1. The van der Waals surface area contributed by atoms with Gasteiger partial charge in [-0.25, -0.2) is 0 Å². The highest BCUT2D eigenvalue weighted by Gasteiger charge is 2.27. The third-order valence-corrected chi connectivity index (χ3v) is 4.47. The van der Waals surface area contributed by atoms with Gasteiger partial charge < -0.3 is 15.0 Å². The van der Waals surface area contributed by atoms with Crippen molar-refractivity contribution in [3.05, 3.63) is 0 Å². The SMILES string of the molecule is CCN(CC(=O)N1CC(C)OC(C)C1)CC1CCCCN1. The topological polar surface area (TPSA) is 44.8 Å². The van der Waals surface area contributed by atoms with Crippen molar-refractivity contribution in [2.75, 3.05) is 39.3 Å². The third kappa shape index (κ3) is 5.24. The predicted molar refractivity (Wildman–Crippen MR) is 84.3 cm³/mol. The van der Waals surface area contributed by atoms with Gasteiger partial charge in [-0.15, -0.1) is 0 Å². The number of nitrogens with zero attached hydrogens (tertiary/aromatic N) is 2. The molecular formula is C16H31N3O2. The van der Waals surface area contributed by atoms with E-state index < -0.39 is 0 Å². The Morgan fingerprint density at radius 1 is 1.29 bits per heavy atom. The first-order valence-corrected chi connectivity index (χ1v) is 8.47. The lowest BCUT2D eigenvalue weighted by Crippen LogP contribution is -2.52. The highest BCUT2D eigenvalue weighted by molar-refractivity contribution is 5.78. The summed E-state index contributed by atoms with van der Waals surface area (Å²) in [7, 11) is 0. The second-order valence-corrected chi connectivity index (χ2v) is 6.53. The average Bonchev–Trinajstić information content (AvgIpc) is 2.46. The summed E-state index contributed by atoms with van der Waals surface area (Å²) in [6.45, 7) is 11.2. The fraction of sp³-hybridized carbons (Fsp3) is 0.938. The Labute approximate surface area is 129 Å². The first kappa shape index (κ1) is 16.7. The van der Waals surface area contributed by atoms with Crippen LogP contribution in [0.15, 0.2) is 0 Å². The monoisotopic (exact) mass is 297 g/mol. The van der Waals surface area contributed by atoms with Gasteiger partial charge in [0, 0.05) is 25.7 Å². The smallest absolute Gasteiger partial charge is 0.236 e. The Morgan fingerprint density at radius 3 is 2.57 bits per heavy atom. The largest absolute Gasteiger partial charge is 0.372 e. The molecule has 2 aliphatic heterocycles.